The number of hydrogen-bond donors (Lipinski definition) is 1. The van der Waals surface area contributed by atoms with Gasteiger partial charge in [0.1, 0.15) is 5.75 Å². The maximum atomic E-state index is 12.9. The molecule has 0 atom stereocenters. The molecule has 1 heterocycles. The molecule has 0 aromatic heterocycles. The molecule has 5 heteroatoms. The molecule has 0 bridgehead atoms. The number of carbonyl (C=O) groups is 1. The molecule has 0 aliphatic carbocycles. The monoisotopic (exact) mass is 324 g/mol. The van der Waals surface area contributed by atoms with Gasteiger partial charge in [0.15, 0.2) is 5.78 Å². The van der Waals surface area contributed by atoms with E-state index in [4.69, 9.17) is 9.31 Å². The predicted molar refractivity (Wildman–Crippen MR) is 93.7 cm³/mol. The zero-order valence-corrected chi connectivity index (χ0v) is 14.4. The summed E-state index contributed by atoms with van der Waals surface area (Å²) in [5, 5.41) is 9.85. The number of rotatable bonds is 3. The summed E-state index contributed by atoms with van der Waals surface area (Å²) in [6.45, 7) is 7.86. The van der Waals surface area contributed by atoms with Gasteiger partial charge in [0.25, 0.3) is 0 Å². The highest BCUT2D eigenvalue weighted by Gasteiger charge is 2.52. The van der Waals surface area contributed by atoms with Crippen LogP contribution in [-0.4, -0.2) is 29.2 Å². The maximum Gasteiger partial charge on any atom is 0.495 e. The van der Waals surface area contributed by atoms with E-state index in [1.165, 1.54) is 6.07 Å². The second-order valence-electron chi connectivity index (χ2n) is 7.05. The lowest BCUT2D eigenvalue weighted by molar-refractivity contribution is 0.00578. The number of ketones is 1. The topological polar surface area (TPSA) is 55.8 Å². The molecule has 2 aromatic carbocycles. The third kappa shape index (κ3) is 2.85. The van der Waals surface area contributed by atoms with Gasteiger partial charge in [-0.3, -0.25) is 4.79 Å². The Morgan fingerprint density at radius 2 is 1.54 bits per heavy atom. The smallest absolute Gasteiger partial charge is 0.495 e. The molecule has 3 rings (SSSR count). The van der Waals surface area contributed by atoms with Crippen molar-refractivity contribution >= 4 is 18.4 Å². The van der Waals surface area contributed by atoms with Gasteiger partial charge in [-0.2, -0.15) is 0 Å². The van der Waals surface area contributed by atoms with E-state index in [1.54, 1.807) is 24.3 Å². The van der Waals surface area contributed by atoms with Crippen LogP contribution in [0.15, 0.2) is 48.5 Å². The summed E-state index contributed by atoms with van der Waals surface area (Å²) in [6.07, 6.45) is 0. The second kappa shape index (κ2) is 5.76. The molecule has 1 fully saturated rings. The second-order valence-corrected chi connectivity index (χ2v) is 7.05. The Morgan fingerprint density at radius 3 is 2.12 bits per heavy atom. The Hall–Kier alpha value is -2.11. The van der Waals surface area contributed by atoms with Crippen molar-refractivity contribution in [2.24, 2.45) is 0 Å². The summed E-state index contributed by atoms with van der Waals surface area (Å²) in [4.78, 5) is 12.9. The van der Waals surface area contributed by atoms with Crippen LogP contribution in [0.2, 0.25) is 0 Å². The molecule has 0 amide bonds. The van der Waals surface area contributed by atoms with Gasteiger partial charge in [0.2, 0.25) is 0 Å². The van der Waals surface area contributed by atoms with Crippen LogP contribution in [0.1, 0.15) is 43.6 Å². The molecular formula is C19H21BO4. The third-order valence-electron chi connectivity index (χ3n) is 4.82. The number of carbonyl (C=O) groups excluding carboxylic acids is 1. The Bertz CT molecular complexity index is 752. The lowest BCUT2D eigenvalue weighted by Crippen LogP contribution is -2.41. The Balaban J connectivity index is 2.03. The number of hydrogen-bond acceptors (Lipinski definition) is 4. The molecule has 1 saturated heterocycles. The molecule has 2 aromatic rings. The van der Waals surface area contributed by atoms with E-state index in [2.05, 4.69) is 0 Å². The van der Waals surface area contributed by atoms with E-state index in [1.807, 2.05) is 45.9 Å². The highest BCUT2D eigenvalue weighted by Crippen LogP contribution is 2.37. The van der Waals surface area contributed by atoms with Gasteiger partial charge in [-0.05, 0) is 45.3 Å². The van der Waals surface area contributed by atoms with E-state index in [9.17, 15) is 9.90 Å². The minimum atomic E-state index is -0.654. The molecule has 0 spiro atoms. The molecule has 0 radical (unpaired) electrons. The van der Waals surface area contributed by atoms with Gasteiger partial charge in [-0.1, -0.05) is 36.4 Å². The average Bonchev–Trinajstić information content (AvgIpc) is 2.75. The molecule has 124 valence electrons. The van der Waals surface area contributed by atoms with E-state index < -0.39 is 18.3 Å². The first-order valence-electron chi connectivity index (χ1n) is 7.99. The van der Waals surface area contributed by atoms with Gasteiger partial charge >= 0.3 is 7.12 Å². The average molecular weight is 324 g/mol. The normalized spacial score (nSPS) is 18.6. The zero-order chi connectivity index (χ0) is 17.5. The van der Waals surface area contributed by atoms with Crippen LogP contribution in [0.5, 0.6) is 5.75 Å². The molecule has 0 saturated carbocycles. The molecule has 1 aliphatic heterocycles. The predicted octanol–water partition coefficient (Wildman–Crippen LogP) is 2.92. The summed E-state index contributed by atoms with van der Waals surface area (Å²) < 4.78 is 12.1. The standard InChI is InChI=1S/C19H21BO4/c1-18(2)19(3,4)24-20(23-18)16-11-10-14(21)12-15(16)17(22)13-8-6-5-7-9-13/h5-12,21H,1-4H3. The lowest BCUT2D eigenvalue weighted by atomic mass is 9.74. The molecule has 24 heavy (non-hydrogen) atoms. The van der Waals surface area contributed by atoms with Gasteiger partial charge in [0.05, 0.1) is 11.2 Å². The van der Waals surface area contributed by atoms with E-state index >= 15 is 0 Å². The van der Waals surface area contributed by atoms with Crippen molar-refractivity contribution in [2.45, 2.75) is 38.9 Å². The Labute approximate surface area is 142 Å². The fourth-order valence-electron chi connectivity index (χ4n) is 2.66. The highest BCUT2D eigenvalue weighted by atomic mass is 16.7. The number of phenolic OH excluding ortho intramolecular Hbond substituents is 1. The van der Waals surface area contributed by atoms with Crippen LogP contribution >= 0.6 is 0 Å². The number of phenols is 1. The molecule has 0 unspecified atom stereocenters. The lowest BCUT2D eigenvalue weighted by Gasteiger charge is -2.32. The first-order chi connectivity index (χ1) is 11.2. The van der Waals surface area contributed by atoms with E-state index in [-0.39, 0.29) is 11.5 Å². The quantitative estimate of drug-likeness (QED) is 0.697. The number of aromatic hydroxyl groups is 1. The Kier molecular flexibility index (Phi) is 4.02. The highest BCUT2D eigenvalue weighted by molar-refractivity contribution is 6.64. The summed E-state index contributed by atoms with van der Waals surface area (Å²) >= 11 is 0. The van der Waals surface area contributed by atoms with E-state index in [0.29, 0.717) is 16.6 Å². The molecule has 4 nitrogen and oxygen atoms in total. The van der Waals surface area contributed by atoms with Crippen molar-refractivity contribution in [3.8, 4) is 5.75 Å². The van der Waals surface area contributed by atoms with Crippen molar-refractivity contribution in [2.75, 3.05) is 0 Å². The third-order valence-corrected chi connectivity index (χ3v) is 4.82. The van der Waals surface area contributed by atoms with E-state index in [0.717, 1.165) is 0 Å². The first-order valence-corrected chi connectivity index (χ1v) is 7.99. The molecule has 1 aliphatic rings. The van der Waals surface area contributed by atoms with Gasteiger partial charge < -0.3 is 14.4 Å². The molecule has 1 N–H and O–H groups in total. The van der Waals surface area contributed by atoms with Crippen molar-refractivity contribution in [1.82, 2.24) is 0 Å². The summed E-state index contributed by atoms with van der Waals surface area (Å²) in [5.74, 6) is -0.134. The summed E-state index contributed by atoms with van der Waals surface area (Å²) in [7, 11) is -0.654. The van der Waals surface area contributed by atoms with Crippen LogP contribution in [0.4, 0.5) is 0 Å². The van der Waals surface area contributed by atoms with Crippen molar-refractivity contribution in [3.05, 3.63) is 59.7 Å². The zero-order valence-electron chi connectivity index (χ0n) is 14.4. The van der Waals surface area contributed by atoms with Crippen molar-refractivity contribution < 1.29 is 19.2 Å². The summed E-state index contributed by atoms with van der Waals surface area (Å²) in [5.41, 5.74) is 0.575. The van der Waals surface area contributed by atoms with Crippen LogP contribution in [-0.2, 0) is 9.31 Å². The minimum absolute atomic E-state index is 0.0366. The van der Waals surface area contributed by atoms with Crippen LogP contribution in [0.3, 0.4) is 0 Å². The minimum Gasteiger partial charge on any atom is -0.508 e. The Morgan fingerprint density at radius 1 is 0.958 bits per heavy atom. The SMILES string of the molecule is CC1(C)OB(c2ccc(O)cc2C(=O)c2ccccc2)OC1(C)C. The van der Waals surface area contributed by atoms with Crippen LogP contribution in [0.25, 0.3) is 0 Å². The van der Waals surface area contributed by atoms with Gasteiger partial charge in [-0.25, -0.2) is 0 Å². The van der Waals surface area contributed by atoms with Crippen LogP contribution in [0, 0.1) is 0 Å². The van der Waals surface area contributed by atoms with Crippen molar-refractivity contribution in [3.63, 3.8) is 0 Å². The first kappa shape index (κ1) is 16.7. The molecular weight excluding hydrogens is 303 g/mol. The fraction of sp³-hybridized carbons (Fsp3) is 0.316. The van der Waals surface area contributed by atoms with Gasteiger partial charge in [0, 0.05) is 11.1 Å². The van der Waals surface area contributed by atoms with Crippen molar-refractivity contribution in [1.29, 1.82) is 0 Å². The largest absolute Gasteiger partial charge is 0.508 e. The fourth-order valence-corrected chi connectivity index (χ4v) is 2.66. The van der Waals surface area contributed by atoms with Crippen LogP contribution < -0.4 is 5.46 Å². The maximum absolute atomic E-state index is 12.9. The van der Waals surface area contributed by atoms with Gasteiger partial charge in [-0.15, -0.1) is 0 Å². The number of benzene rings is 2. The summed E-state index contributed by atoms with van der Waals surface area (Å²) in [6, 6.07) is 13.7.